The Labute approximate surface area is 113 Å². The van der Waals surface area contributed by atoms with Gasteiger partial charge in [-0.15, -0.1) is 0 Å². The van der Waals surface area contributed by atoms with Crippen LogP contribution in [-0.2, 0) is 6.42 Å². The van der Waals surface area contributed by atoms with Gasteiger partial charge in [-0.05, 0) is 61.1 Å². The largest absolute Gasteiger partial charge is 0.508 e. The molecule has 1 aromatic heterocycles. The van der Waals surface area contributed by atoms with Crippen molar-refractivity contribution in [3.63, 3.8) is 0 Å². The maximum absolute atomic E-state index is 9.58. The number of phenolic OH excluding ortho intramolecular Hbond substituents is 1. The number of anilines is 1. The molecule has 3 heteroatoms. The van der Waals surface area contributed by atoms with E-state index in [0.29, 0.717) is 11.8 Å². The van der Waals surface area contributed by atoms with E-state index in [9.17, 15) is 5.11 Å². The number of aromatic nitrogens is 1. The number of aromatic hydroxyl groups is 1. The fourth-order valence-electron chi connectivity index (χ4n) is 2.75. The summed E-state index contributed by atoms with van der Waals surface area (Å²) < 4.78 is 0. The number of nitrogens with zero attached hydrogens (tertiary/aromatic N) is 1. The molecule has 2 aromatic rings. The molecule has 1 aliphatic rings. The van der Waals surface area contributed by atoms with E-state index in [2.05, 4.69) is 17.2 Å². The molecular weight excluding hydrogens is 236 g/mol. The molecule has 0 saturated carbocycles. The number of hydrogen-bond acceptors (Lipinski definition) is 3. The fourth-order valence-corrected chi connectivity index (χ4v) is 2.75. The predicted molar refractivity (Wildman–Crippen MR) is 76.4 cm³/mol. The zero-order chi connectivity index (χ0) is 13.2. The Morgan fingerprint density at radius 2 is 2.21 bits per heavy atom. The molecule has 98 valence electrons. The van der Waals surface area contributed by atoms with E-state index < -0.39 is 0 Å². The van der Waals surface area contributed by atoms with Gasteiger partial charge in [0.05, 0.1) is 17.9 Å². The number of rotatable bonds is 2. The molecule has 1 heterocycles. The zero-order valence-electron chi connectivity index (χ0n) is 11.1. The van der Waals surface area contributed by atoms with Crippen LogP contribution >= 0.6 is 0 Å². The van der Waals surface area contributed by atoms with Crippen LogP contribution in [0.1, 0.15) is 35.6 Å². The molecule has 0 aliphatic heterocycles. The third kappa shape index (κ3) is 2.41. The van der Waals surface area contributed by atoms with Gasteiger partial charge in [0.2, 0.25) is 0 Å². The molecule has 0 radical (unpaired) electrons. The van der Waals surface area contributed by atoms with E-state index in [1.807, 2.05) is 30.6 Å². The predicted octanol–water partition coefficient (Wildman–Crippen LogP) is 3.59. The molecule has 2 N–H and O–H groups in total. The van der Waals surface area contributed by atoms with Crippen LogP contribution in [0.3, 0.4) is 0 Å². The highest BCUT2D eigenvalue weighted by molar-refractivity contribution is 5.51. The molecule has 19 heavy (non-hydrogen) atoms. The summed E-state index contributed by atoms with van der Waals surface area (Å²) in [7, 11) is 0. The van der Waals surface area contributed by atoms with Crippen molar-refractivity contribution in [2.75, 3.05) is 5.32 Å². The number of benzene rings is 1. The van der Waals surface area contributed by atoms with Gasteiger partial charge in [0.1, 0.15) is 5.75 Å². The number of pyridine rings is 1. The van der Waals surface area contributed by atoms with Crippen LogP contribution in [0, 0.1) is 6.92 Å². The van der Waals surface area contributed by atoms with Crippen molar-refractivity contribution in [1.29, 1.82) is 0 Å². The summed E-state index contributed by atoms with van der Waals surface area (Å²) in [5, 5.41) is 13.2. The van der Waals surface area contributed by atoms with E-state index in [0.717, 1.165) is 24.9 Å². The molecule has 1 aliphatic carbocycles. The van der Waals surface area contributed by atoms with Crippen LogP contribution in [0.4, 0.5) is 5.69 Å². The Hall–Kier alpha value is -2.03. The molecule has 1 unspecified atom stereocenters. The van der Waals surface area contributed by atoms with Crippen molar-refractivity contribution in [3.05, 3.63) is 53.3 Å². The van der Waals surface area contributed by atoms with Crippen LogP contribution in [0.15, 0.2) is 36.7 Å². The van der Waals surface area contributed by atoms with Gasteiger partial charge >= 0.3 is 0 Å². The van der Waals surface area contributed by atoms with Gasteiger partial charge in [0, 0.05) is 6.20 Å². The minimum atomic E-state index is 0.312. The van der Waals surface area contributed by atoms with Crippen LogP contribution in [0.2, 0.25) is 0 Å². The Morgan fingerprint density at radius 3 is 3.05 bits per heavy atom. The summed E-state index contributed by atoms with van der Waals surface area (Å²) in [6.07, 6.45) is 7.00. The molecule has 0 amide bonds. The molecule has 0 fully saturated rings. The van der Waals surface area contributed by atoms with Crippen LogP contribution in [0.25, 0.3) is 0 Å². The van der Waals surface area contributed by atoms with Gasteiger partial charge in [0.25, 0.3) is 0 Å². The molecular formula is C16H18N2O. The Balaban J connectivity index is 1.90. The highest BCUT2D eigenvalue weighted by Crippen LogP contribution is 2.34. The van der Waals surface area contributed by atoms with Crippen molar-refractivity contribution < 1.29 is 5.11 Å². The van der Waals surface area contributed by atoms with E-state index >= 15 is 0 Å². The second kappa shape index (κ2) is 4.92. The molecule has 1 aromatic carbocycles. The van der Waals surface area contributed by atoms with E-state index in [4.69, 9.17) is 0 Å². The number of fused-ring (bicyclic) bond motifs is 1. The second-order valence-electron chi connectivity index (χ2n) is 5.16. The zero-order valence-corrected chi connectivity index (χ0v) is 11.1. The third-order valence-corrected chi connectivity index (χ3v) is 3.81. The first kappa shape index (κ1) is 12.0. The number of hydrogen-bond donors (Lipinski definition) is 2. The van der Waals surface area contributed by atoms with E-state index in [1.54, 1.807) is 6.07 Å². The lowest BCUT2D eigenvalue weighted by molar-refractivity contribution is 0.472. The summed E-state index contributed by atoms with van der Waals surface area (Å²) in [6, 6.07) is 8.02. The van der Waals surface area contributed by atoms with Gasteiger partial charge in [-0.25, -0.2) is 0 Å². The summed E-state index contributed by atoms with van der Waals surface area (Å²) in [6.45, 7) is 2.09. The number of phenols is 1. The lowest BCUT2D eigenvalue weighted by Crippen LogP contribution is -2.17. The van der Waals surface area contributed by atoms with Crippen molar-refractivity contribution in [3.8, 4) is 5.75 Å². The first-order chi connectivity index (χ1) is 9.24. The Kier molecular flexibility index (Phi) is 3.11. The molecule has 0 spiro atoms. The summed E-state index contributed by atoms with van der Waals surface area (Å²) in [4.78, 5) is 4.18. The third-order valence-electron chi connectivity index (χ3n) is 3.81. The Morgan fingerprint density at radius 1 is 1.32 bits per heavy atom. The minimum absolute atomic E-state index is 0.312. The van der Waals surface area contributed by atoms with Crippen molar-refractivity contribution in [2.24, 2.45) is 0 Å². The van der Waals surface area contributed by atoms with Crippen molar-refractivity contribution >= 4 is 5.69 Å². The lowest BCUT2D eigenvalue weighted by atomic mass is 9.87. The fraction of sp³-hybridized carbons (Fsp3) is 0.312. The van der Waals surface area contributed by atoms with Gasteiger partial charge in [0.15, 0.2) is 0 Å². The van der Waals surface area contributed by atoms with Gasteiger partial charge in [-0.3, -0.25) is 4.98 Å². The monoisotopic (exact) mass is 254 g/mol. The van der Waals surface area contributed by atoms with E-state index in [-0.39, 0.29) is 0 Å². The summed E-state index contributed by atoms with van der Waals surface area (Å²) >= 11 is 0. The quantitative estimate of drug-likeness (QED) is 0.861. The molecule has 0 bridgehead atoms. The molecule has 1 atom stereocenters. The number of nitrogens with one attached hydrogen (secondary N) is 1. The van der Waals surface area contributed by atoms with Crippen molar-refractivity contribution in [1.82, 2.24) is 4.98 Å². The average Bonchev–Trinajstić information content (AvgIpc) is 2.41. The standard InChI is InChI=1S/C16H18N2O/c1-11-7-8-17-10-16(11)18-15-4-2-3-12-9-13(19)5-6-14(12)15/h5-10,15,18-19H,2-4H2,1H3. The normalized spacial score (nSPS) is 17.8. The van der Waals surface area contributed by atoms with Crippen LogP contribution in [-0.4, -0.2) is 10.1 Å². The first-order valence-electron chi connectivity index (χ1n) is 6.73. The Bertz CT molecular complexity index is 595. The summed E-state index contributed by atoms with van der Waals surface area (Å²) in [5.41, 5.74) is 4.85. The second-order valence-corrected chi connectivity index (χ2v) is 5.16. The minimum Gasteiger partial charge on any atom is -0.508 e. The average molecular weight is 254 g/mol. The number of aryl methyl sites for hydroxylation is 2. The van der Waals surface area contributed by atoms with Gasteiger partial charge in [-0.1, -0.05) is 6.07 Å². The van der Waals surface area contributed by atoms with Gasteiger partial charge < -0.3 is 10.4 Å². The maximum atomic E-state index is 9.58. The highest BCUT2D eigenvalue weighted by Gasteiger charge is 2.20. The maximum Gasteiger partial charge on any atom is 0.115 e. The van der Waals surface area contributed by atoms with Crippen molar-refractivity contribution in [2.45, 2.75) is 32.2 Å². The SMILES string of the molecule is Cc1ccncc1NC1CCCc2cc(O)ccc21. The van der Waals surface area contributed by atoms with Gasteiger partial charge in [-0.2, -0.15) is 0 Å². The highest BCUT2D eigenvalue weighted by atomic mass is 16.3. The van der Waals surface area contributed by atoms with Crippen LogP contribution < -0.4 is 5.32 Å². The molecule has 3 rings (SSSR count). The van der Waals surface area contributed by atoms with Crippen LogP contribution in [0.5, 0.6) is 5.75 Å². The summed E-state index contributed by atoms with van der Waals surface area (Å²) in [5.74, 6) is 0.358. The topological polar surface area (TPSA) is 45.2 Å². The first-order valence-corrected chi connectivity index (χ1v) is 6.73. The van der Waals surface area contributed by atoms with E-state index in [1.165, 1.54) is 16.7 Å². The lowest BCUT2D eigenvalue weighted by Gasteiger charge is -2.27. The molecule has 3 nitrogen and oxygen atoms in total. The molecule has 0 saturated heterocycles. The smallest absolute Gasteiger partial charge is 0.115 e.